The van der Waals surface area contributed by atoms with E-state index in [1.54, 1.807) is 30.3 Å². The second-order valence-electron chi connectivity index (χ2n) is 10.5. The Labute approximate surface area is 221 Å². The van der Waals surface area contributed by atoms with Gasteiger partial charge in [0.2, 0.25) is 5.88 Å². The number of hydrogen-bond donors (Lipinski definition) is 1. The zero-order valence-electron chi connectivity index (χ0n) is 21.3. The lowest BCUT2D eigenvalue weighted by Gasteiger charge is -2.37. The number of amides is 1. The Morgan fingerprint density at radius 2 is 1.81 bits per heavy atom. The molecule has 1 amide bonds. The summed E-state index contributed by atoms with van der Waals surface area (Å²) in [5.74, 6) is 0.360. The van der Waals surface area contributed by atoms with Crippen LogP contribution in [0, 0.1) is 22.7 Å². The summed E-state index contributed by atoms with van der Waals surface area (Å²) in [4.78, 5) is 17.6. The molecule has 8 heteroatoms. The molecule has 1 aliphatic rings. The molecule has 188 valence electrons. The third-order valence-electron chi connectivity index (χ3n) is 5.83. The Bertz CT molecular complexity index is 1440. The lowest BCUT2D eigenvalue weighted by Crippen LogP contribution is -2.43. The second kappa shape index (κ2) is 9.76. The minimum atomic E-state index is -0.645. The maximum atomic E-state index is 12.7. The van der Waals surface area contributed by atoms with E-state index in [0.717, 1.165) is 11.1 Å². The summed E-state index contributed by atoms with van der Waals surface area (Å²) >= 11 is 6.15. The van der Waals surface area contributed by atoms with E-state index < -0.39 is 23.3 Å². The lowest BCUT2D eigenvalue weighted by molar-refractivity contribution is 0.0367. The molecule has 0 spiro atoms. The first-order valence-corrected chi connectivity index (χ1v) is 12.2. The molecule has 1 aliphatic heterocycles. The van der Waals surface area contributed by atoms with Crippen LogP contribution in [0.4, 0.5) is 4.79 Å². The number of nitriles is 2. The van der Waals surface area contributed by atoms with Crippen molar-refractivity contribution in [2.75, 3.05) is 0 Å². The number of fused-ring (bicyclic) bond motifs is 1. The summed E-state index contributed by atoms with van der Waals surface area (Å²) in [6, 6.07) is 18.0. The van der Waals surface area contributed by atoms with Crippen LogP contribution >= 0.6 is 11.6 Å². The van der Waals surface area contributed by atoms with Crippen LogP contribution in [0.5, 0.6) is 5.88 Å². The molecule has 0 saturated heterocycles. The number of halogens is 1. The van der Waals surface area contributed by atoms with Crippen molar-refractivity contribution in [3.63, 3.8) is 0 Å². The predicted molar refractivity (Wildman–Crippen MR) is 141 cm³/mol. The first-order chi connectivity index (χ1) is 17.4. The molecule has 0 aliphatic carbocycles. The van der Waals surface area contributed by atoms with Crippen molar-refractivity contribution in [2.45, 2.75) is 58.3 Å². The van der Waals surface area contributed by atoms with Crippen molar-refractivity contribution in [1.82, 2.24) is 10.3 Å². The van der Waals surface area contributed by atoms with E-state index in [0.29, 0.717) is 45.3 Å². The Morgan fingerprint density at radius 1 is 1.11 bits per heavy atom. The molecule has 0 radical (unpaired) electrons. The van der Waals surface area contributed by atoms with Gasteiger partial charge >= 0.3 is 6.09 Å². The number of alkyl carbamates (subject to hydrolysis) is 1. The van der Waals surface area contributed by atoms with Gasteiger partial charge in [0.25, 0.3) is 0 Å². The van der Waals surface area contributed by atoms with Gasteiger partial charge in [-0.15, -0.1) is 0 Å². The number of nitrogens with zero attached hydrogens (tertiary/aromatic N) is 3. The highest BCUT2D eigenvalue weighted by molar-refractivity contribution is 6.30. The molecular formula is C29H27ClN4O3. The molecule has 2 aromatic carbocycles. The number of benzene rings is 2. The number of rotatable bonds is 3. The van der Waals surface area contributed by atoms with E-state index in [2.05, 4.69) is 17.5 Å². The van der Waals surface area contributed by atoms with Crippen LogP contribution in [0.25, 0.3) is 22.4 Å². The van der Waals surface area contributed by atoms with Gasteiger partial charge in [-0.05, 0) is 70.5 Å². The zero-order valence-corrected chi connectivity index (χ0v) is 22.1. The first-order valence-electron chi connectivity index (χ1n) is 11.8. The number of nitrogens with one attached hydrogen (secondary N) is 1. The van der Waals surface area contributed by atoms with Gasteiger partial charge in [-0.3, -0.25) is 0 Å². The molecular weight excluding hydrogens is 488 g/mol. The number of carbonyl (C=O) groups is 1. The van der Waals surface area contributed by atoms with Crippen molar-refractivity contribution in [2.24, 2.45) is 0 Å². The minimum absolute atomic E-state index is 0.320. The Kier molecular flexibility index (Phi) is 6.86. The fourth-order valence-corrected chi connectivity index (χ4v) is 4.42. The summed E-state index contributed by atoms with van der Waals surface area (Å²) < 4.78 is 11.8. The van der Waals surface area contributed by atoms with Gasteiger partial charge < -0.3 is 14.8 Å². The van der Waals surface area contributed by atoms with E-state index in [-0.39, 0.29) is 0 Å². The van der Waals surface area contributed by atoms with Gasteiger partial charge in [0.15, 0.2) is 0 Å². The average molecular weight is 515 g/mol. The number of carbonyl (C=O) groups excluding carboxylic acids is 1. The monoisotopic (exact) mass is 514 g/mol. The number of pyridine rings is 1. The molecule has 0 saturated carbocycles. The normalized spacial score (nSPS) is 15.9. The molecule has 37 heavy (non-hydrogen) atoms. The molecule has 4 rings (SSSR count). The molecule has 2 heterocycles. The van der Waals surface area contributed by atoms with Crippen LogP contribution in [0.2, 0.25) is 5.02 Å². The van der Waals surface area contributed by atoms with E-state index in [1.165, 1.54) is 0 Å². The van der Waals surface area contributed by atoms with Gasteiger partial charge in [-0.1, -0.05) is 29.8 Å². The number of aromatic nitrogens is 1. The third kappa shape index (κ3) is 5.85. The Hall–Kier alpha value is -4.07. The SMILES string of the molecule is CC(C)(C)OC(=O)NC1CC(C)(C)Oc2nc(-c3ccc(C#N)cc3C#N)c(-c3ccc(Cl)cc3)cc21. The van der Waals surface area contributed by atoms with Gasteiger partial charge in [0, 0.05) is 28.1 Å². The van der Waals surface area contributed by atoms with E-state index in [4.69, 9.17) is 26.1 Å². The smallest absolute Gasteiger partial charge is 0.408 e. The first kappa shape index (κ1) is 26.0. The molecule has 1 unspecified atom stereocenters. The maximum Gasteiger partial charge on any atom is 0.408 e. The van der Waals surface area contributed by atoms with Crippen LogP contribution in [0.1, 0.15) is 63.8 Å². The fourth-order valence-electron chi connectivity index (χ4n) is 4.29. The second-order valence-corrected chi connectivity index (χ2v) is 11.0. The van der Waals surface area contributed by atoms with E-state index in [1.807, 2.05) is 52.8 Å². The molecule has 7 nitrogen and oxygen atoms in total. The van der Waals surface area contributed by atoms with Crippen molar-refractivity contribution in [1.29, 1.82) is 10.5 Å². The standard InChI is InChI=1S/C29H27ClN4O3/c1-28(2,3)37-27(35)33-24-14-29(4,5)36-26-23(24)13-22(18-7-9-20(30)10-8-18)25(34-26)21-11-6-17(15-31)12-19(21)16-32/h6-13,24H,14H2,1-5H3,(H,33,35). The molecule has 1 aromatic heterocycles. The van der Waals surface area contributed by atoms with Crippen LogP contribution < -0.4 is 10.1 Å². The molecule has 3 aromatic rings. The summed E-state index contributed by atoms with van der Waals surface area (Å²) in [5.41, 5.74) is 2.78. The molecule has 0 bridgehead atoms. The van der Waals surface area contributed by atoms with E-state index >= 15 is 0 Å². The highest BCUT2D eigenvalue weighted by Gasteiger charge is 2.37. The van der Waals surface area contributed by atoms with Gasteiger partial charge in [-0.2, -0.15) is 10.5 Å². The van der Waals surface area contributed by atoms with Crippen molar-refractivity contribution in [3.8, 4) is 40.4 Å². The van der Waals surface area contributed by atoms with Crippen molar-refractivity contribution >= 4 is 17.7 Å². The molecule has 0 fully saturated rings. The summed E-state index contributed by atoms with van der Waals surface area (Å²) in [6.07, 6.45) is -0.0298. The fraction of sp³-hybridized carbons (Fsp3) is 0.310. The van der Waals surface area contributed by atoms with Gasteiger partial charge in [0.05, 0.1) is 35.0 Å². The van der Waals surface area contributed by atoms with Crippen LogP contribution in [-0.4, -0.2) is 22.3 Å². The highest BCUT2D eigenvalue weighted by Crippen LogP contribution is 2.44. The minimum Gasteiger partial charge on any atom is -0.471 e. The predicted octanol–water partition coefficient (Wildman–Crippen LogP) is 6.94. The molecule has 1 N–H and O–H groups in total. The Balaban J connectivity index is 1.92. The topological polar surface area (TPSA) is 108 Å². The largest absolute Gasteiger partial charge is 0.471 e. The lowest BCUT2D eigenvalue weighted by atomic mass is 9.88. The molecule has 1 atom stereocenters. The number of hydrogen-bond acceptors (Lipinski definition) is 6. The quantitative estimate of drug-likeness (QED) is 0.405. The summed E-state index contributed by atoms with van der Waals surface area (Å²) in [7, 11) is 0. The van der Waals surface area contributed by atoms with Gasteiger partial charge in [-0.25, -0.2) is 9.78 Å². The zero-order chi connectivity index (χ0) is 27.0. The van der Waals surface area contributed by atoms with Crippen molar-refractivity contribution < 1.29 is 14.3 Å². The maximum absolute atomic E-state index is 12.7. The highest BCUT2D eigenvalue weighted by atomic mass is 35.5. The van der Waals surface area contributed by atoms with E-state index in [9.17, 15) is 15.3 Å². The third-order valence-corrected chi connectivity index (χ3v) is 6.08. The summed E-state index contributed by atoms with van der Waals surface area (Å²) in [5, 5.41) is 22.7. The summed E-state index contributed by atoms with van der Waals surface area (Å²) in [6.45, 7) is 9.29. The average Bonchev–Trinajstić information content (AvgIpc) is 2.81. The van der Waals surface area contributed by atoms with Crippen molar-refractivity contribution in [3.05, 3.63) is 70.2 Å². The Morgan fingerprint density at radius 3 is 2.43 bits per heavy atom. The van der Waals surface area contributed by atoms with Crippen LogP contribution in [-0.2, 0) is 4.74 Å². The van der Waals surface area contributed by atoms with Crippen LogP contribution in [0.15, 0.2) is 48.5 Å². The van der Waals surface area contributed by atoms with Gasteiger partial charge in [0.1, 0.15) is 11.2 Å². The van der Waals surface area contributed by atoms with Crippen LogP contribution in [0.3, 0.4) is 0 Å². The number of ether oxygens (including phenoxy) is 2.